The second-order valence-corrected chi connectivity index (χ2v) is 19.3. The summed E-state index contributed by atoms with van der Waals surface area (Å²) >= 11 is 3.75. The van der Waals surface area contributed by atoms with Crippen molar-refractivity contribution in [3.8, 4) is 44.9 Å². The van der Waals surface area contributed by atoms with E-state index in [1.54, 1.807) is 11.8 Å². The second kappa shape index (κ2) is 12.1. The molecule has 2 aliphatic carbocycles. The molecule has 0 spiro atoms. The fraction of sp³-hybridized carbons (Fsp3) is 0.127. The molecule has 278 valence electrons. The molecule has 1 nitrogen and oxygen atoms in total. The quantitative estimate of drug-likeness (QED) is 0.177. The topological polar surface area (TPSA) is 9.23 Å². The number of fused-ring (bicyclic) bond motifs is 12. The lowest BCUT2D eigenvalue weighted by atomic mass is 9.67. The standard InChI is InChI=1S/C55H40OS2/c1-53(2)39-26-24-33(31-38(39)49-41(53)29-30-48-51(49)56-45-20-12-14-22-47(45)57-48)34-23-25-37-44(32-34)55(35-15-7-5-8-16-35,36-17-9-6-10-18-36)42-27-28-43-52(50(37)42)58-46-21-13-11-19-40(46)54(43,3)4/h5-32H,1-4H3. The van der Waals surface area contributed by atoms with E-state index >= 15 is 0 Å². The molecule has 8 aromatic carbocycles. The Morgan fingerprint density at radius 1 is 0.397 bits per heavy atom. The van der Waals surface area contributed by atoms with Gasteiger partial charge < -0.3 is 4.74 Å². The Hall–Kier alpha value is -5.74. The maximum Gasteiger partial charge on any atom is 0.149 e. The monoisotopic (exact) mass is 780 g/mol. The van der Waals surface area contributed by atoms with E-state index in [1.165, 1.54) is 92.6 Å². The highest BCUT2D eigenvalue weighted by Gasteiger charge is 2.49. The summed E-state index contributed by atoms with van der Waals surface area (Å²) < 4.78 is 6.80. The first-order valence-corrected chi connectivity index (χ1v) is 21.9. The molecule has 2 aliphatic heterocycles. The van der Waals surface area contributed by atoms with Gasteiger partial charge in [0.2, 0.25) is 0 Å². The van der Waals surface area contributed by atoms with E-state index in [4.69, 9.17) is 4.74 Å². The van der Waals surface area contributed by atoms with Crippen LogP contribution in [0.1, 0.15) is 72.2 Å². The van der Waals surface area contributed by atoms with Crippen molar-refractivity contribution >= 4 is 23.5 Å². The Balaban J connectivity index is 1.10. The number of hydrogen-bond acceptors (Lipinski definition) is 3. The minimum Gasteiger partial charge on any atom is -0.454 e. The molecule has 3 heteroatoms. The van der Waals surface area contributed by atoms with E-state index in [-0.39, 0.29) is 10.8 Å². The molecule has 0 radical (unpaired) electrons. The molecule has 0 saturated carbocycles. The summed E-state index contributed by atoms with van der Waals surface area (Å²) in [6.07, 6.45) is 0. The first kappa shape index (κ1) is 34.3. The largest absolute Gasteiger partial charge is 0.454 e. The van der Waals surface area contributed by atoms with Gasteiger partial charge in [-0.05, 0) is 103 Å². The van der Waals surface area contributed by atoms with Crippen LogP contribution < -0.4 is 4.74 Å². The van der Waals surface area contributed by atoms with Gasteiger partial charge in [-0.25, -0.2) is 0 Å². The van der Waals surface area contributed by atoms with Crippen LogP contribution >= 0.6 is 23.5 Å². The Morgan fingerprint density at radius 3 is 1.78 bits per heavy atom. The number of benzene rings is 8. The summed E-state index contributed by atoms with van der Waals surface area (Å²) in [5.74, 6) is 1.91. The summed E-state index contributed by atoms with van der Waals surface area (Å²) in [4.78, 5) is 5.06. The lowest BCUT2D eigenvalue weighted by Crippen LogP contribution is -2.29. The van der Waals surface area contributed by atoms with Crippen LogP contribution in [0.3, 0.4) is 0 Å². The van der Waals surface area contributed by atoms with Crippen molar-refractivity contribution in [3.05, 3.63) is 214 Å². The molecule has 2 heterocycles. The first-order valence-electron chi connectivity index (χ1n) is 20.2. The molecular formula is C55H40OS2. The third kappa shape index (κ3) is 4.52. The van der Waals surface area contributed by atoms with Crippen molar-refractivity contribution in [1.82, 2.24) is 0 Å². The van der Waals surface area contributed by atoms with E-state index < -0.39 is 5.41 Å². The zero-order valence-corrected chi connectivity index (χ0v) is 34.5. The molecule has 0 aromatic heterocycles. The summed E-state index contributed by atoms with van der Waals surface area (Å²) in [5.41, 5.74) is 17.5. The molecule has 8 aromatic rings. The van der Waals surface area contributed by atoms with Crippen LogP contribution in [-0.2, 0) is 16.2 Å². The molecule has 0 atom stereocenters. The van der Waals surface area contributed by atoms with E-state index in [0.717, 1.165) is 16.4 Å². The van der Waals surface area contributed by atoms with Gasteiger partial charge in [0.25, 0.3) is 0 Å². The van der Waals surface area contributed by atoms with Crippen molar-refractivity contribution in [2.75, 3.05) is 0 Å². The predicted octanol–water partition coefficient (Wildman–Crippen LogP) is 15.1. The minimum atomic E-state index is -0.511. The van der Waals surface area contributed by atoms with Crippen molar-refractivity contribution in [2.45, 2.75) is 63.5 Å². The van der Waals surface area contributed by atoms with Gasteiger partial charge in [-0.3, -0.25) is 0 Å². The van der Waals surface area contributed by atoms with E-state index in [1.807, 2.05) is 11.8 Å². The molecule has 12 rings (SSSR count). The zero-order chi connectivity index (χ0) is 39.0. The fourth-order valence-corrected chi connectivity index (χ4v) is 13.2. The summed E-state index contributed by atoms with van der Waals surface area (Å²) in [6, 6.07) is 63.7. The smallest absolute Gasteiger partial charge is 0.149 e. The number of hydrogen-bond donors (Lipinski definition) is 0. The third-order valence-corrected chi connectivity index (χ3v) is 15.8. The SMILES string of the molecule is CC1(C)c2ccccc2Sc2c1ccc1c2-c2ccc(-c3ccc4c(c3)-c3c(ccc5c3Oc3ccccc3S5)C4(C)C)cc2C1(c1ccccc1)c1ccccc1. The number of rotatable bonds is 3. The molecular weight excluding hydrogens is 741 g/mol. The average Bonchev–Trinajstić information content (AvgIpc) is 3.69. The second-order valence-electron chi connectivity index (χ2n) is 17.2. The van der Waals surface area contributed by atoms with Gasteiger partial charge in [-0.1, -0.05) is 185 Å². The molecule has 58 heavy (non-hydrogen) atoms. The van der Waals surface area contributed by atoms with Crippen LogP contribution in [0.5, 0.6) is 11.5 Å². The van der Waals surface area contributed by atoms with Crippen LogP contribution in [0, 0.1) is 0 Å². The molecule has 0 N–H and O–H groups in total. The van der Waals surface area contributed by atoms with E-state index in [0.29, 0.717) is 0 Å². The van der Waals surface area contributed by atoms with Crippen LogP contribution in [-0.4, -0.2) is 0 Å². The minimum absolute atomic E-state index is 0.130. The van der Waals surface area contributed by atoms with Crippen LogP contribution in [0.15, 0.2) is 189 Å². The predicted molar refractivity (Wildman–Crippen MR) is 240 cm³/mol. The van der Waals surface area contributed by atoms with Gasteiger partial charge >= 0.3 is 0 Å². The van der Waals surface area contributed by atoms with Gasteiger partial charge in [0.05, 0.1) is 15.2 Å². The fourth-order valence-electron chi connectivity index (χ4n) is 10.7. The summed E-state index contributed by atoms with van der Waals surface area (Å²) in [5, 5.41) is 0. The highest BCUT2D eigenvalue weighted by molar-refractivity contribution is 8.00. The van der Waals surface area contributed by atoms with Crippen LogP contribution in [0.2, 0.25) is 0 Å². The average molecular weight is 781 g/mol. The van der Waals surface area contributed by atoms with Crippen molar-refractivity contribution in [1.29, 1.82) is 0 Å². The summed E-state index contributed by atoms with van der Waals surface area (Å²) in [7, 11) is 0. The maximum absolute atomic E-state index is 6.80. The lowest BCUT2D eigenvalue weighted by Gasteiger charge is -2.37. The van der Waals surface area contributed by atoms with Gasteiger partial charge in [-0.2, -0.15) is 0 Å². The highest BCUT2D eigenvalue weighted by Crippen LogP contribution is 2.63. The number of ether oxygens (including phenoxy) is 1. The Labute approximate surface area is 349 Å². The van der Waals surface area contributed by atoms with E-state index in [2.05, 4.69) is 198 Å². The highest BCUT2D eigenvalue weighted by atomic mass is 32.2. The van der Waals surface area contributed by atoms with Gasteiger partial charge in [0.1, 0.15) is 11.5 Å². The molecule has 4 aliphatic rings. The molecule has 0 amide bonds. The van der Waals surface area contributed by atoms with Crippen LogP contribution in [0.4, 0.5) is 0 Å². The normalized spacial score (nSPS) is 16.3. The Bertz CT molecular complexity index is 2990. The van der Waals surface area contributed by atoms with Gasteiger partial charge in [-0.15, -0.1) is 0 Å². The van der Waals surface area contributed by atoms with Crippen molar-refractivity contribution < 1.29 is 4.74 Å². The third-order valence-electron chi connectivity index (χ3n) is 13.5. The number of para-hydroxylation sites is 1. The molecule has 0 fully saturated rings. The summed E-state index contributed by atoms with van der Waals surface area (Å²) in [6.45, 7) is 9.49. The van der Waals surface area contributed by atoms with Crippen LogP contribution in [0.25, 0.3) is 33.4 Å². The molecule has 0 unspecified atom stereocenters. The molecule has 0 saturated heterocycles. The van der Waals surface area contributed by atoms with Gasteiger partial charge in [0, 0.05) is 31.7 Å². The van der Waals surface area contributed by atoms with Crippen molar-refractivity contribution in [3.63, 3.8) is 0 Å². The molecule has 0 bridgehead atoms. The van der Waals surface area contributed by atoms with E-state index in [9.17, 15) is 0 Å². The maximum atomic E-state index is 6.80. The van der Waals surface area contributed by atoms with Crippen molar-refractivity contribution in [2.24, 2.45) is 0 Å². The zero-order valence-electron chi connectivity index (χ0n) is 32.9. The Kier molecular flexibility index (Phi) is 7.18. The first-order chi connectivity index (χ1) is 28.3. The Morgan fingerprint density at radius 2 is 1.00 bits per heavy atom. The lowest BCUT2D eigenvalue weighted by molar-refractivity contribution is 0.455. The van der Waals surface area contributed by atoms with Gasteiger partial charge in [0.15, 0.2) is 0 Å².